The van der Waals surface area contributed by atoms with Gasteiger partial charge < -0.3 is 25.4 Å². The molecule has 0 amide bonds. The van der Waals surface area contributed by atoms with Crippen molar-refractivity contribution >= 4 is 55.8 Å². The minimum Gasteiger partial charge on any atom is -0.512 e. The molecule has 11 aromatic rings. The number of ketones is 4. The fourth-order valence-electron chi connectivity index (χ4n) is 8.90. The molecule has 4 heterocycles. The van der Waals surface area contributed by atoms with Crippen LogP contribution in [0.3, 0.4) is 0 Å². The van der Waals surface area contributed by atoms with Gasteiger partial charge in [-0.2, -0.15) is 0 Å². The Bertz CT molecular complexity index is 4290. The van der Waals surface area contributed by atoms with Crippen LogP contribution >= 0.6 is 0 Å². The third-order valence-corrected chi connectivity index (χ3v) is 13.2. The molecule has 0 aliphatic heterocycles. The zero-order valence-corrected chi connectivity index (χ0v) is 68.2. The number of aromatic nitrogens is 5. The van der Waals surface area contributed by atoms with Crippen molar-refractivity contribution in [3.63, 3.8) is 0 Å². The van der Waals surface area contributed by atoms with E-state index in [-0.39, 0.29) is 127 Å². The quantitative estimate of drug-likeness (QED) is 0.0570. The van der Waals surface area contributed by atoms with Crippen LogP contribution in [0.25, 0.3) is 77.7 Å². The summed E-state index contributed by atoms with van der Waals surface area (Å²) in [6, 6.07) is 71.0. The molecule has 17 heteroatoms. The molecule has 7 aromatic carbocycles. The van der Waals surface area contributed by atoms with E-state index in [1.54, 1.807) is 18.6 Å². The molecule has 11 rings (SSSR count). The van der Waals surface area contributed by atoms with Gasteiger partial charge in [-0.15, -0.1) is 141 Å². The molecule has 0 fully saturated rings. The fraction of sp³-hybridized carbons (Fsp3) is 0.193. The van der Waals surface area contributed by atoms with E-state index in [2.05, 4.69) is 172 Å². The summed E-state index contributed by atoms with van der Waals surface area (Å²) >= 11 is 0. The summed E-state index contributed by atoms with van der Waals surface area (Å²) in [4.78, 5) is 62.4. The number of carbonyl (C=O) groups excluding carboxylic acids is 4. The number of aliphatic hydroxyl groups is 4. The Kier molecular flexibility index (Phi) is 44.7. The maximum absolute atomic E-state index is 10.0. The Labute approximate surface area is 643 Å². The van der Waals surface area contributed by atoms with Crippen molar-refractivity contribution in [1.82, 2.24) is 24.9 Å². The summed E-state index contributed by atoms with van der Waals surface area (Å²) < 4.78 is 0. The zero-order chi connectivity index (χ0) is 70.7. The standard InChI is InChI=1S/C19H18N.2C17H14N.C10H7N2.4C5H8O2.4Ir/c1-3-14-11-15(4-2)13-17(12-14)19-10-9-16-7-5-6-8-18(16)20-19;1-12-9-13(2)11-15(10-12)17-8-7-14-5-3-4-6-16(14)18-17;1-12-7-8-15(11-13(12)2)17-10-9-14-5-3-4-6-16(14)18-17;1-2-4-9(5-3-1)10-8-11-6-7-12-10;4*1-4(6)3-5(2)7;;;;/h5-12H,3-4H2,1-2H3;3-10H,1-2H3;3-7,9-11H,1-2H3;1-4,6-8H;4*3,6H,1-2H3;;;;/q4*-1;;;;;;;;. The molecule has 4 aromatic heterocycles. The van der Waals surface area contributed by atoms with Crippen molar-refractivity contribution in [3.05, 3.63) is 293 Å². The first-order valence-electron chi connectivity index (χ1n) is 31.1. The number of hydrogen-bond donors (Lipinski definition) is 4. The zero-order valence-electron chi connectivity index (χ0n) is 58.6. The maximum Gasteiger partial charge on any atom is 0.155 e. The number of aryl methyl sites for hydroxylation is 6. The molecular formula is C83H85Ir4N5O8-4. The molecule has 13 nitrogen and oxygen atoms in total. The van der Waals surface area contributed by atoms with E-state index in [9.17, 15) is 19.2 Å². The van der Waals surface area contributed by atoms with Crippen molar-refractivity contribution in [2.45, 2.75) is 110 Å². The Hall–Kier alpha value is -8.71. The molecule has 4 N–H and O–H groups in total. The number of aliphatic hydroxyl groups excluding tert-OH is 4. The van der Waals surface area contributed by atoms with E-state index in [0.29, 0.717) is 0 Å². The van der Waals surface area contributed by atoms with Crippen LogP contribution in [0.2, 0.25) is 0 Å². The van der Waals surface area contributed by atoms with Gasteiger partial charge >= 0.3 is 0 Å². The molecule has 0 saturated carbocycles. The molecule has 530 valence electrons. The van der Waals surface area contributed by atoms with Crippen LogP contribution in [0.1, 0.15) is 103 Å². The second kappa shape index (κ2) is 48.9. The first-order chi connectivity index (χ1) is 45.7. The van der Waals surface area contributed by atoms with Gasteiger partial charge in [0.25, 0.3) is 0 Å². The number of carbonyl (C=O) groups is 4. The average molecular weight is 2050 g/mol. The Morgan fingerprint density at radius 3 is 1.18 bits per heavy atom. The Morgan fingerprint density at radius 1 is 0.410 bits per heavy atom. The number of fused-ring (bicyclic) bond motifs is 3. The normalized spacial score (nSPS) is 10.4. The molecule has 0 saturated heterocycles. The van der Waals surface area contributed by atoms with Crippen molar-refractivity contribution in [3.8, 4) is 45.0 Å². The van der Waals surface area contributed by atoms with Crippen LogP contribution in [0, 0.1) is 52.0 Å². The predicted octanol–water partition coefficient (Wildman–Crippen LogP) is 19.5. The molecule has 0 unspecified atom stereocenters. The second-order valence-electron chi connectivity index (χ2n) is 22.2. The molecule has 100 heavy (non-hydrogen) atoms. The third kappa shape index (κ3) is 35.4. The van der Waals surface area contributed by atoms with Gasteiger partial charge in [-0.1, -0.05) is 133 Å². The van der Waals surface area contributed by atoms with Gasteiger partial charge in [0.05, 0.1) is 39.6 Å². The number of pyridine rings is 3. The van der Waals surface area contributed by atoms with Crippen LogP contribution in [-0.4, -0.2) is 68.5 Å². The molecule has 0 bridgehead atoms. The predicted molar refractivity (Wildman–Crippen MR) is 390 cm³/mol. The van der Waals surface area contributed by atoms with Crippen LogP contribution in [0.4, 0.5) is 0 Å². The number of benzene rings is 7. The van der Waals surface area contributed by atoms with Gasteiger partial charge in [-0.3, -0.25) is 39.1 Å². The number of para-hydroxylation sites is 3. The fourth-order valence-corrected chi connectivity index (χ4v) is 8.90. The third-order valence-electron chi connectivity index (χ3n) is 13.2. The molecule has 4 radical (unpaired) electrons. The van der Waals surface area contributed by atoms with Crippen LogP contribution < -0.4 is 0 Å². The van der Waals surface area contributed by atoms with Gasteiger partial charge in [0, 0.05) is 129 Å². The van der Waals surface area contributed by atoms with Gasteiger partial charge in [-0.05, 0) is 120 Å². The van der Waals surface area contributed by atoms with E-state index in [0.717, 1.165) is 80.0 Å². The van der Waals surface area contributed by atoms with Crippen LogP contribution in [-0.2, 0) is 112 Å². The summed E-state index contributed by atoms with van der Waals surface area (Å²) in [6.45, 7) is 24.1. The summed E-state index contributed by atoms with van der Waals surface area (Å²) in [7, 11) is 0. The van der Waals surface area contributed by atoms with E-state index in [4.69, 9.17) is 30.4 Å². The monoisotopic (exact) mass is 2050 g/mol. The second-order valence-corrected chi connectivity index (χ2v) is 22.2. The van der Waals surface area contributed by atoms with E-state index < -0.39 is 0 Å². The number of hydrogen-bond acceptors (Lipinski definition) is 13. The summed E-state index contributed by atoms with van der Waals surface area (Å²) in [5, 5.41) is 37.0. The minimum atomic E-state index is -0.125. The Balaban J connectivity index is 0.00000116. The summed E-state index contributed by atoms with van der Waals surface area (Å²) in [6.07, 6.45) is 11.8. The van der Waals surface area contributed by atoms with Crippen LogP contribution in [0.5, 0.6) is 0 Å². The van der Waals surface area contributed by atoms with Crippen molar-refractivity contribution < 1.29 is 120 Å². The average Bonchev–Trinajstić information content (AvgIpc) is 0.828. The van der Waals surface area contributed by atoms with E-state index in [1.807, 2.05) is 78.9 Å². The van der Waals surface area contributed by atoms with Crippen molar-refractivity contribution in [2.75, 3.05) is 0 Å². The topological polar surface area (TPSA) is 214 Å². The maximum atomic E-state index is 10.0. The first kappa shape index (κ1) is 91.3. The van der Waals surface area contributed by atoms with E-state index in [1.165, 1.54) is 124 Å². The number of allylic oxidation sites excluding steroid dienone is 8. The molecule has 0 atom stereocenters. The molecule has 0 aliphatic carbocycles. The molecular weight excluding hydrogens is 1960 g/mol. The number of nitrogens with zero attached hydrogens (tertiary/aromatic N) is 5. The van der Waals surface area contributed by atoms with Crippen molar-refractivity contribution in [2.24, 2.45) is 0 Å². The first-order valence-corrected chi connectivity index (χ1v) is 31.1. The van der Waals surface area contributed by atoms with Crippen LogP contribution in [0.15, 0.2) is 236 Å². The van der Waals surface area contributed by atoms with Gasteiger partial charge in [0.2, 0.25) is 0 Å². The minimum absolute atomic E-state index is 0. The largest absolute Gasteiger partial charge is 0.512 e. The molecule has 0 aliphatic rings. The van der Waals surface area contributed by atoms with Gasteiger partial charge in [0.1, 0.15) is 0 Å². The van der Waals surface area contributed by atoms with Gasteiger partial charge in [0.15, 0.2) is 23.1 Å². The van der Waals surface area contributed by atoms with Gasteiger partial charge in [-0.25, -0.2) is 0 Å². The summed E-state index contributed by atoms with van der Waals surface area (Å²) in [5.41, 5.74) is 18.7. The molecule has 0 spiro atoms. The summed E-state index contributed by atoms with van der Waals surface area (Å²) in [5.74, 6) is -0.250. The van der Waals surface area contributed by atoms with Crippen molar-refractivity contribution in [1.29, 1.82) is 0 Å². The Morgan fingerprint density at radius 2 is 0.830 bits per heavy atom. The smallest absolute Gasteiger partial charge is 0.155 e. The van der Waals surface area contributed by atoms with E-state index >= 15 is 0 Å². The number of rotatable bonds is 10. The SMILES string of the molecule is CC(=O)C=C(C)O.CC(=O)C=C(C)O.CC(=O)C=C(C)O.CC(=O)C=C(C)O.CCc1[c-]c(-c2ccc3ccccc3n2)cc(CC)c1.Cc1[c-]c(-c2ccc3ccccc3n2)cc(C)c1.Cc1c[c-]c(-c2ccc3ccccc3n2)cc1C.[Ir].[Ir].[Ir].[Ir].[c-]1ccccc1-c1cnccn1.